The lowest BCUT2D eigenvalue weighted by Gasteiger charge is -2.47. The Bertz CT molecular complexity index is 1000. The number of aliphatic hydroxyl groups excluding tert-OH is 2. The molecule has 0 aromatic rings. The van der Waals surface area contributed by atoms with Gasteiger partial charge in [0, 0.05) is 29.6 Å². The highest BCUT2D eigenvalue weighted by molar-refractivity contribution is 5.84. The van der Waals surface area contributed by atoms with Gasteiger partial charge in [-0.1, -0.05) is 55.4 Å². The van der Waals surface area contributed by atoms with Crippen LogP contribution in [0, 0.1) is 41.4 Å². The molecule has 0 bridgehead atoms. The van der Waals surface area contributed by atoms with E-state index in [9.17, 15) is 35.1 Å². The predicted molar refractivity (Wildman–Crippen MR) is 160 cm³/mol. The van der Waals surface area contributed by atoms with E-state index in [0.717, 1.165) is 0 Å². The van der Waals surface area contributed by atoms with Crippen LogP contribution in [-0.2, 0) is 23.8 Å². The Labute approximate surface area is 257 Å². The number of aliphatic carboxylic acids is 1. The van der Waals surface area contributed by atoms with Crippen molar-refractivity contribution >= 4 is 11.8 Å². The van der Waals surface area contributed by atoms with Crippen molar-refractivity contribution in [1.82, 2.24) is 0 Å². The Morgan fingerprint density at radius 1 is 0.907 bits per heavy atom. The van der Waals surface area contributed by atoms with Crippen LogP contribution in [0.4, 0.5) is 0 Å². The van der Waals surface area contributed by atoms with Crippen LogP contribution >= 0.6 is 0 Å². The highest BCUT2D eigenvalue weighted by Crippen LogP contribution is 2.56. The molecule has 15 atom stereocenters. The zero-order valence-electron chi connectivity index (χ0n) is 27.9. The third kappa shape index (κ3) is 6.44. The largest absolute Gasteiger partial charge is 0.481 e. The summed E-state index contributed by atoms with van der Waals surface area (Å²) in [5.41, 5.74) is -1.99. The Morgan fingerprint density at radius 3 is 2.00 bits per heavy atom. The van der Waals surface area contributed by atoms with Gasteiger partial charge in [-0.3, -0.25) is 9.59 Å². The summed E-state index contributed by atoms with van der Waals surface area (Å²) >= 11 is 0. The van der Waals surface area contributed by atoms with Crippen LogP contribution in [0.5, 0.6) is 0 Å². The van der Waals surface area contributed by atoms with Crippen molar-refractivity contribution in [3.05, 3.63) is 0 Å². The third-order valence-electron chi connectivity index (χ3n) is 11.5. The fourth-order valence-electron chi connectivity index (χ4n) is 8.56. The number of ether oxygens (including phenoxy) is 3. The van der Waals surface area contributed by atoms with Gasteiger partial charge in [-0.15, -0.1) is 0 Å². The monoisotopic (exact) mass is 614 g/mol. The minimum absolute atomic E-state index is 0.0667. The van der Waals surface area contributed by atoms with Crippen molar-refractivity contribution in [2.75, 3.05) is 0 Å². The summed E-state index contributed by atoms with van der Waals surface area (Å²) in [4.78, 5) is 25.5. The lowest BCUT2D eigenvalue weighted by atomic mass is 9.73. The first kappa shape index (κ1) is 36.3. The van der Waals surface area contributed by atoms with E-state index >= 15 is 0 Å². The molecule has 0 saturated carbocycles. The maximum atomic E-state index is 14.0. The van der Waals surface area contributed by atoms with Gasteiger partial charge in [0.05, 0.1) is 36.4 Å². The summed E-state index contributed by atoms with van der Waals surface area (Å²) in [5, 5.41) is 54.3. The molecule has 0 aromatic heterocycles. The van der Waals surface area contributed by atoms with E-state index in [4.69, 9.17) is 14.2 Å². The number of ketones is 1. The van der Waals surface area contributed by atoms with Crippen molar-refractivity contribution < 1.29 is 49.3 Å². The molecular formula is C33H58O10. The topological polar surface area (TPSA) is 163 Å². The standard InChI is InChI=1S/C33H58O10/c1-11-24(29-18(4)14-30(10,41-29)33(40)20(6)15-31(12-2,43-33)23(9)34)27(38)21(7)26(37)22(8)28-17(3)13-19(5)32(39,42-28)16-25(35)36/h17-24,26,28-29,34,37,39-40H,11-16H2,1-10H3,(H,35,36)/t17-,18+,19-,20-,21-,22-,23+,24-,26-,28-,29+,30-,31+,32-,33+/m1/s1. The summed E-state index contributed by atoms with van der Waals surface area (Å²) in [6.07, 6.45) is -1.12. The highest BCUT2D eigenvalue weighted by atomic mass is 16.7. The van der Waals surface area contributed by atoms with Crippen LogP contribution < -0.4 is 0 Å². The summed E-state index contributed by atoms with van der Waals surface area (Å²) in [6, 6.07) is 0. The van der Waals surface area contributed by atoms with Crippen LogP contribution in [0.1, 0.15) is 108 Å². The number of hydrogen-bond acceptors (Lipinski definition) is 9. The van der Waals surface area contributed by atoms with Gasteiger partial charge in [-0.2, -0.15) is 0 Å². The average molecular weight is 615 g/mol. The first-order valence-corrected chi connectivity index (χ1v) is 16.3. The second-order valence-electron chi connectivity index (χ2n) is 14.7. The molecule has 3 heterocycles. The summed E-state index contributed by atoms with van der Waals surface area (Å²) in [5.74, 6) is -7.57. The average Bonchev–Trinajstić information content (AvgIpc) is 3.39. The number of carbonyl (C=O) groups excluding carboxylic acids is 1. The molecule has 3 aliphatic rings. The number of aliphatic hydroxyl groups is 4. The molecule has 3 fully saturated rings. The fourth-order valence-corrected chi connectivity index (χ4v) is 8.56. The molecule has 10 nitrogen and oxygen atoms in total. The molecule has 0 unspecified atom stereocenters. The lowest BCUT2D eigenvalue weighted by molar-refractivity contribution is -0.331. The summed E-state index contributed by atoms with van der Waals surface area (Å²) in [7, 11) is 0. The normalized spacial score (nSPS) is 45.3. The van der Waals surface area contributed by atoms with E-state index in [1.54, 1.807) is 27.7 Å². The number of carboxylic acids is 1. The molecule has 0 aliphatic carbocycles. The van der Waals surface area contributed by atoms with E-state index in [-0.39, 0.29) is 23.5 Å². The Hall–Kier alpha value is -1.14. The third-order valence-corrected chi connectivity index (χ3v) is 11.5. The van der Waals surface area contributed by atoms with E-state index in [1.807, 2.05) is 41.5 Å². The van der Waals surface area contributed by atoms with Gasteiger partial charge in [-0.25, -0.2) is 0 Å². The minimum Gasteiger partial charge on any atom is -0.481 e. The van der Waals surface area contributed by atoms with E-state index in [1.165, 1.54) is 0 Å². The van der Waals surface area contributed by atoms with Gasteiger partial charge in [0.25, 0.3) is 0 Å². The van der Waals surface area contributed by atoms with Crippen molar-refractivity contribution in [1.29, 1.82) is 0 Å². The maximum Gasteiger partial charge on any atom is 0.308 e. The van der Waals surface area contributed by atoms with E-state index in [2.05, 4.69) is 0 Å². The molecular weight excluding hydrogens is 556 g/mol. The van der Waals surface area contributed by atoms with E-state index < -0.39 is 83.3 Å². The molecule has 3 rings (SSSR count). The van der Waals surface area contributed by atoms with Crippen LogP contribution in [0.15, 0.2) is 0 Å². The molecule has 0 aromatic carbocycles. The number of Topliss-reactive ketones (excluding diaryl/α,β-unsaturated/α-hetero) is 1. The number of carboxylic acid groups (broad SMARTS) is 1. The molecule has 5 N–H and O–H groups in total. The van der Waals surface area contributed by atoms with Crippen LogP contribution in [0.25, 0.3) is 0 Å². The van der Waals surface area contributed by atoms with Gasteiger partial charge in [0.1, 0.15) is 11.4 Å². The fraction of sp³-hybridized carbons (Fsp3) is 0.939. The minimum atomic E-state index is -1.85. The van der Waals surface area contributed by atoms with Crippen molar-refractivity contribution in [2.45, 2.75) is 155 Å². The molecule has 0 radical (unpaired) electrons. The highest BCUT2D eigenvalue weighted by Gasteiger charge is 2.66. The van der Waals surface area contributed by atoms with Gasteiger partial charge in [0.2, 0.25) is 0 Å². The summed E-state index contributed by atoms with van der Waals surface area (Å²) in [6.45, 7) is 18.4. The zero-order chi connectivity index (χ0) is 32.9. The van der Waals surface area contributed by atoms with Gasteiger partial charge >= 0.3 is 5.97 Å². The zero-order valence-corrected chi connectivity index (χ0v) is 27.9. The molecule has 3 aliphatic heterocycles. The first-order chi connectivity index (χ1) is 19.7. The van der Waals surface area contributed by atoms with Gasteiger partial charge in [0.15, 0.2) is 11.6 Å². The van der Waals surface area contributed by atoms with E-state index in [0.29, 0.717) is 32.1 Å². The smallest absolute Gasteiger partial charge is 0.308 e. The second-order valence-corrected chi connectivity index (χ2v) is 14.7. The Kier molecular flexibility index (Phi) is 10.9. The molecule has 3 saturated heterocycles. The van der Waals surface area contributed by atoms with Crippen LogP contribution in [-0.4, -0.2) is 84.5 Å². The number of hydrogen-bond donors (Lipinski definition) is 5. The summed E-state index contributed by atoms with van der Waals surface area (Å²) < 4.78 is 19.0. The predicted octanol–water partition coefficient (Wildman–Crippen LogP) is 3.90. The molecule has 43 heavy (non-hydrogen) atoms. The van der Waals surface area contributed by atoms with Crippen LogP contribution in [0.2, 0.25) is 0 Å². The number of carbonyl (C=O) groups is 2. The lowest BCUT2D eigenvalue weighted by Crippen LogP contribution is -2.57. The van der Waals surface area contributed by atoms with Crippen molar-refractivity contribution in [3.63, 3.8) is 0 Å². The maximum absolute atomic E-state index is 14.0. The van der Waals surface area contributed by atoms with Gasteiger partial charge in [-0.05, 0) is 57.8 Å². The first-order valence-electron chi connectivity index (χ1n) is 16.3. The molecule has 0 spiro atoms. The molecule has 10 heteroatoms. The van der Waals surface area contributed by atoms with Crippen molar-refractivity contribution in [3.8, 4) is 0 Å². The van der Waals surface area contributed by atoms with Crippen LogP contribution in [0.3, 0.4) is 0 Å². The Morgan fingerprint density at radius 2 is 1.51 bits per heavy atom. The Balaban J connectivity index is 1.78. The SMILES string of the molecule is CC[C@H](C(=O)[C@H](C)[C@@H](O)[C@@H](C)[C@@H]1O[C@](O)(CC(=O)O)[C@H](C)C[C@H]1C)[C@H]1O[C@@](C)([C@@]2(O)O[C@](CC)([C@H](C)O)C[C@H]2C)C[C@@H]1C. The molecule has 250 valence electrons. The van der Waals surface area contributed by atoms with Gasteiger partial charge < -0.3 is 39.7 Å². The molecule has 0 amide bonds. The number of rotatable bonds is 12. The second kappa shape index (κ2) is 12.9. The quantitative estimate of drug-likeness (QED) is 0.218. The van der Waals surface area contributed by atoms with Crippen molar-refractivity contribution in [2.24, 2.45) is 41.4 Å².